The zero-order valence-corrected chi connectivity index (χ0v) is 14.3. The van der Waals surface area contributed by atoms with Crippen LogP contribution in [0.3, 0.4) is 0 Å². The van der Waals surface area contributed by atoms with Crippen LogP contribution in [0.2, 0.25) is 5.15 Å². The van der Waals surface area contributed by atoms with Crippen molar-refractivity contribution in [3.05, 3.63) is 34.2 Å². The number of alkyl halides is 3. The Labute approximate surface area is 148 Å². The summed E-state index contributed by atoms with van der Waals surface area (Å²) in [7, 11) is 2.02. The zero-order chi connectivity index (χ0) is 18.6. The minimum absolute atomic E-state index is 0.0736. The second-order valence-electron chi connectivity index (χ2n) is 5.77. The number of hydrogen-bond donors (Lipinski definition) is 1. The number of nitrogens with zero attached hydrogens (tertiary/aromatic N) is 4. The summed E-state index contributed by atoms with van der Waals surface area (Å²) in [5.41, 5.74) is 3.83. The van der Waals surface area contributed by atoms with Gasteiger partial charge in [0.15, 0.2) is 0 Å². The number of hydrogen-bond acceptors (Lipinski definition) is 5. The fourth-order valence-electron chi connectivity index (χ4n) is 2.52. The Hall–Kier alpha value is -2.11. The van der Waals surface area contributed by atoms with E-state index in [1.165, 1.54) is 12.3 Å². The van der Waals surface area contributed by atoms with Crippen molar-refractivity contribution in [1.29, 1.82) is 5.26 Å². The predicted molar refractivity (Wildman–Crippen MR) is 90.1 cm³/mol. The first-order chi connectivity index (χ1) is 11.8. The smallest absolute Gasteiger partial charge is 0.404 e. The first-order valence-electron chi connectivity index (χ1n) is 7.58. The highest BCUT2D eigenvalue weighted by atomic mass is 35.5. The van der Waals surface area contributed by atoms with Gasteiger partial charge in [-0.2, -0.15) is 18.4 Å². The summed E-state index contributed by atoms with van der Waals surface area (Å²) in [5.74, 6) is 0. The molecule has 9 heteroatoms. The Bertz CT molecular complexity index is 729. The number of pyridine rings is 1. The molecule has 1 aromatic rings. The summed E-state index contributed by atoms with van der Waals surface area (Å²) in [5, 5.41) is 8.39. The van der Waals surface area contributed by atoms with Gasteiger partial charge in [0.2, 0.25) is 0 Å². The normalized spacial score (nSPS) is 17.8. The molecule has 0 unspecified atom stereocenters. The highest BCUT2D eigenvalue weighted by Crippen LogP contribution is 2.35. The number of piperidine rings is 1. The molecule has 1 saturated heterocycles. The van der Waals surface area contributed by atoms with E-state index in [1.807, 2.05) is 7.05 Å². The molecule has 0 bridgehead atoms. The fraction of sp³-hybridized carbons (Fsp3) is 0.438. The highest BCUT2D eigenvalue weighted by Gasteiger charge is 2.36. The van der Waals surface area contributed by atoms with Crippen LogP contribution in [0, 0.1) is 11.3 Å². The van der Waals surface area contributed by atoms with Crippen LogP contribution in [0.25, 0.3) is 5.57 Å². The van der Waals surface area contributed by atoms with Crippen molar-refractivity contribution in [3.63, 3.8) is 0 Å². The maximum absolute atomic E-state index is 13.1. The molecule has 0 saturated carbocycles. The summed E-state index contributed by atoms with van der Waals surface area (Å²) in [6.07, 6.45) is -0.457. The van der Waals surface area contributed by atoms with Gasteiger partial charge in [-0.3, -0.25) is 4.99 Å². The average molecular weight is 372 g/mol. The van der Waals surface area contributed by atoms with E-state index in [2.05, 4.69) is 14.9 Å². The molecule has 25 heavy (non-hydrogen) atoms. The van der Waals surface area contributed by atoms with Crippen LogP contribution >= 0.6 is 11.6 Å². The molecule has 0 amide bonds. The number of aliphatic imine (C=N–C) groups is 1. The molecular formula is C16H17ClF3N5. The first-order valence-corrected chi connectivity index (χ1v) is 7.96. The monoisotopic (exact) mass is 371 g/mol. The van der Waals surface area contributed by atoms with Gasteiger partial charge < -0.3 is 10.6 Å². The van der Waals surface area contributed by atoms with E-state index in [0.717, 1.165) is 38.2 Å². The molecule has 2 rings (SSSR count). The third-order valence-corrected chi connectivity index (χ3v) is 4.25. The molecular weight excluding hydrogens is 355 g/mol. The molecule has 1 aliphatic heterocycles. The molecule has 0 atom stereocenters. The van der Waals surface area contributed by atoms with Gasteiger partial charge in [-0.1, -0.05) is 11.6 Å². The van der Waals surface area contributed by atoms with Crippen LogP contribution < -0.4 is 5.73 Å². The Morgan fingerprint density at radius 2 is 2.12 bits per heavy atom. The number of nitrogens with two attached hydrogens (primary N) is 1. The first kappa shape index (κ1) is 19.2. The number of nitriles is 1. The van der Waals surface area contributed by atoms with E-state index in [1.54, 1.807) is 0 Å². The lowest BCUT2D eigenvalue weighted by Gasteiger charge is -2.26. The lowest BCUT2D eigenvalue weighted by Crippen LogP contribution is -2.32. The predicted octanol–water partition coefficient (Wildman–Crippen LogP) is 3.09. The van der Waals surface area contributed by atoms with Gasteiger partial charge in [-0.25, -0.2) is 4.98 Å². The van der Waals surface area contributed by atoms with Crippen LogP contribution in [-0.2, 0) is 6.18 Å². The summed E-state index contributed by atoms with van der Waals surface area (Å²) in [6, 6.07) is 2.29. The van der Waals surface area contributed by atoms with Crippen LogP contribution in [-0.4, -0.2) is 42.3 Å². The maximum Gasteiger partial charge on any atom is 0.417 e. The Balaban J connectivity index is 2.32. The summed E-state index contributed by atoms with van der Waals surface area (Å²) in [6.45, 7) is 1.81. The van der Waals surface area contributed by atoms with Gasteiger partial charge >= 0.3 is 6.18 Å². The van der Waals surface area contributed by atoms with Crippen molar-refractivity contribution < 1.29 is 13.2 Å². The lowest BCUT2D eigenvalue weighted by molar-refractivity contribution is -0.137. The summed E-state index contributed by atoms with van der Waals surface area (Å²) in [4.78, 5) is 10.4. The quantitative estimate of drug-likeness (QED) is 0.654. The minimum Gasteiger partial charge on any atom is -0.404 e. The van der Waals surface area contributed by atoms with Crippen molar-refractivity contribution in [2.24, 2.45) is 10.7 Å². The van der Waals surface area contributed by atoms with Gasteiger partial charge in [0, 0.05) is 18.0 Å². The number of allylic oxidation sites excluding steroid dienone is 1. The third kappa shape index (κ3) is 4.71. The number of likely N-dealkylation sites (tertiary alicyclic amines) is 1. The van der Waals surface area contributed by atoms with E-state index in [9.17, 15) is 13.2 Å². The van der Waals surface area contributed by atoms with Gasteiger partial charge in [0.1, 0.15) is 16.8 Å². The second-order valence-corrected chi connectivity index (χ2v) is 6.12. The average Bonchev–Trinajstić information content (AvgIpc) is 2.55. The zero-order valence-electron chi connectivity index (χ0n) is 13.5. The molecule has 0 aliphatic carbocycles. The SMILES string of the molecule is CN1CCC(N=CC(=CN)c2cc(C(F)(F)F)c(C#N)c(Cl)n2)CC1. The molecule has 0 aromatic carbocycles. The van der Waals surface area contributed by atoms with Crippen molar-refractivity contribution in [2.45, 2.75) is 25.1 Å². The lowest BCUT2D eigenvalue weighted by atomic mass is 10.1. The molecule has 2 heterocycles. The maximum atomic E-state index is 13.1. The molecule has 1 aromatic heterocycles. The molecule has 0 spiro atoms. The van der Waals surface area contributed by atoms with Crippen molar-refractivity contribution >= 4 is 23.4 Å². The fourth-order valence-corrected chi connectivity index (χ4v) is 2.75. The van der Waals surface area contributed by atoms with Crippen LogP contribution in [0.15, 0.2) is 17.3 Å². The highest BCUT2D eigenvalue weighted by molar-refractivity contribution is 6.30. The molecule has 5 nitrogen and oxygen atoms in total. The van der Waals surface area contributed by atoms with Crippen molar-refractivity contribution in [1.82, 2.24) is 9.88 Å². The van der Waals surface area contributed by atoms with Crippen LogP contribution in [0.4, 0.5) is 13.2 Å². The van der Waals surface area contributed by atoms with E-state index in [0.29, 0.717) is 0 Å². The van der Waals surface area contributed by atoms with E-state index >= 15 is 0 Å². The van der Waals surface area contributed by atoms with Crippen LogP contribution in [0.1, 0.15) is 29.7 Å². The molecule has 2 N–H and O–H groups in total. The standard InChI is InChI=1S/C16H17ClF3N5/c1-25-4-2-11(3-5-25)23-9-10(7-21)14-6-13(16(18,19)20)12(8-22)15(17)24-14/h6-7,9,11H,2-5,21H2,1H3. The minimum atomic E-state index is -4.73. The number of aromatic nitrogens is 1. The number of rotatable bonds is 3. The largest absolute Gasteiger partial charge is 0.417 e. The van der Waals surface area contributed by atoms with E-state index in [-0.39, 0.29) is 17.3 Å². The Kier molecular flexibility index (Phi) is 6.03. The molecule has 0 radical (unpaired) electrons. The molecule has 134 valence electrons. The van der Waals surface area contributed by atoms with Crippen molar-refractivity contribution in [2.75, 3.05) is 20.1 Å². The summed E-state index contributed by atoms with van der Waals surface area (Å²) < 4.78 is 39.4. The molecule has 1 aliphatic rings. The topological polar surface area (TPSA) is 78.3 Å². The van der Waals surface area contributed by atoms with Crippen LogP contribution in [0.5, 0.6) is 0 Å². The Morgan fingerprint density at radius 3 is 2.64 bits per heavy atom. The van der Waals surface area contributed by atoms with E-state index < -0.39 is 22.5 Å². The van der Waals surface area contributed by atoms with Gasteiger partial charge in [-0.05, 0) is 39.0 Å². The summed E-state index contributed by atoms with van der Waals surface area (Å²) >= 11 is 5.76. The second kappa shape index (κ2) is 7.85. The third-order valence-electron chi connectivity index (χ3n) is 3.98. The Morgan fingerprint density at radius 1 is 1.48 bits per heavy atom. The van der Waals surface area contributed by atoms with Gasteiger partial charge in [-0.15, -0.1) is 0 Å². The van der Waals surface area contributed by atoms with Crippen molar-refractivity contribution in [3.8, 4) is 6.07 Å². The molecule has 1 fully saturated rings. The van der Waals surface area contributed by atoms with Gasteiger partial charge in [0.05, 0.1) is 17.3 Å². The van der Waals surface area contributed by atoms with Gasteiger partial charge in [0.25, 0.3) is 0 Å². The van der Waals surface area contributed by atoms with E-state index in [4.69, 9.17) is 22.6 Å². The number of halogens is 4.